The number of carbonyl (C=O) groups excluding carboxylic acids is 4. The molecule has 0 aromatic heterocycles. The van der Waals surface area contributed by atoms with Crippen molar-refractivity contribution in [2.45, 2.75) is 34.6 Å². The van der Waals surface area contributed by atoms with Crippen LogP contribution >= 0.6 is 0 Å². The fourth-order valence-electron chi connectivity index (χ4n) is 1.90. The van der Waals surface area contributed by atoms with Crippen molar-refractivity contribution in [3.8, 4) is 11.5 Å². The third-order valence-corrected chi connectivity index (χ3v) is 3.51. The molecule has 0 saturated carbocycles. The summed E-state index contributed by atoms with van der Waals surface area (Å²) in [5.41, 5.74) is 0.736. The highest BCUT2D eigenvalue weighted by Crippen LogP contribution is 2.30. The van der Waals surface area contributed by atoms with E-state index >= 15 is 0 Å². The average Bonchev–Trinajstić information content (AvgIpc) is 2.62. The first-order valence-electron chi connectivity index (χ1n) is 8.58. The van der Waals surface area contributed by atoms with Crippen LogP contribution in [0.5, 0.6) is 11.5 Å². The molecule has 0 amide bonds. The van der Waals surface area contributed by atoms with E-state index < -0.39 is 35.7 Å². The lowest BCUT2D eigenvalue weighted by Gasteiger charge is -2.15. The van der Waals surface area contributed by atoms with E-state index in [1.165, 1.54) is 26.0 Å². The van der Waals surface area contributed by atoms with E-state index in [1.54, 1.807) is 26.8 Å². The second-order valence-corrected chi connectivity index (χ2v) is 5.74. The summed E-state index contributed by atoms with van der Waals surface area (Å²) in [7, 11) is 0. The molecule has 8 nitrogen and oxygen atoms in total. The van der Waals surface area contributed by atoms with Gasteiger partial charge in [0, 0.05) is 0 Å². The minimum atomic E-state index is -1.15. The Labute approximate surface area is 157 Å². The Hall–Kier alpha value is -2.90. The molecule has 0 N–H and O–H groups in total. The van der Waals surface area contributed by atoms with Crippen LogP contribution < -0.4 is 9.47 Å². The SMILES string of the molecule is CCOC(=O)C(C)C(=O)Oc1ccc(C)cc1OC(=O)C(C)C(=O)OCC. The highest BCUT2D eigenvalue weighted by Gasteiger charge is 2.28. The van der Waals surface area contributed by atoms with Crippen LogP contribution in [0.3, 0.4) is 0 Å². The zero-order valence-corrected chi connectivity index (χ0v) is 16.1. The molecular weight excluding hydrogens is 356 g/mol. The number of hydrogen-bond acceptors (Lipinski definition) is 8. The first kappa shape index (κ1) is 22.1. The smallest absolute Gasteiger partial charge is 0.325 e. The van der Waals surface area contributed by atoms with E-state index in [9.17, 15) is 19.2 Å². The molecule has 8 heteroatoms. The maximum atomic E-state index is 12.2. The van der Waals surface area contributed by atoms with Gasteiger partial charge in [-0.05, 0) is 52.3 Å². The maximum Gasteiger partial charge on any atom is 0.325 e. The lowest BCUT2D eigenvalue weighted by molar-refractivity contribution is -0.158. The molecule has 1 aromatic carbocycles. The number of carbonyl (C=O) groups is 4. The summed E-state index contributed by atoms with van der Waals surface area (Å²) in [6.07, 6.45) is 0. The predicted octanol–water partition coefficient (Wildman–Crippen LogP) is 2.20. The molecule has 0 spiro atoms. The van der Waals surface area contributed by atoms with Crippen molar-refractivity contribution in [2.24, 2.45) is 11.8 Å². The summed E-state index contributed by atoms with van der Waals surface area (Å²) in [5, 5.41) is 0. The highest BCUT2D eigenvalue weighted by molar-refractivity contribution is 5.96. The molecule has 0 aliphatic rings. The summed E-state index contributed by atoms with van der Waals surface area (Å²) in [6.45, 7) is 7.97. The maximum absolute atomic E-state index is 12.2. The van der Waals surface area contributed by atoms with E-state index in [0.29, 0.717) is 0 Å². The topological polar surface area (TPSA) is 105 Å². The van der Waals surface area contributed by atoms with Crippen molar-refractivity contribution in [2.75, 3.05) is 13.2 Å². The molecule has 0 radical (unpaired) electrons. The Kier molecular flexibility index (Phi) is 8.44. The molecule has 2 atom stereocenters. The minimum Gasteiger partial charge on any atom is -0.465 e. The number of benzene rings is 1. The Morgan fingerprint density at radius 2 is 1.22 bits per heavy atom. The van der Waals surface area contributed by atoms with Crippen LogP contribution in [0.25, 0.3) is 0 Å². The third-order valence-electron chi connectivity index (χ3n) is 3.51. The molecule has 27 heavy (non-hydrogen) atoms. The van der Waals surface area contributed by atoms with Gasteiger partial charge in [-0.3, -0.25) is 19.2 Å². The summed E-state index contributed by atoms with van der Waals surface area (Å²) in [5.74, 6) is -5.52. The van der Waals surface area contributed by atoms with Gasteiger partial charge in [0.25, 0.3) is 0 Å². The minimum absolute atomic E-state index is 0.0412. The summed E-state index contributed by atoms with van der Waals surface area (Å²) in [4.78, 5) is 47.6. The van der Waals surface area contributed by atoms with Crippen LogP contribution in [-0.4, -0.2) is 37.1 Å². The zero-order chi connectivity index (χ0) is 20.6. The van der Waals surface area contributed by atoms with Crippen molar-refractivity contribution in [1.29, 1.82) is 0 Å². The molecular formula is C19H24O8. The van der Waals surface area contributed by atoms with Crippen molar-refractivity contribution in [3.05, 3.63) is 23.8 Å². The van der Waals surface area contributed by atoms with Crippen LogP contribution in [-0.2, 0) is 28.7 Å². The second-order valence-electron chi connectivity index (χ2n) is 5.74. The Morgan fingerprint density at radius 3 is 1.67 bits per heavy atom. The van der Waals surface area contributed by atoms with Crippen LogP contribution in [0.4, 0.5) is 0 Å². The van der Waals surface area contributed by atoms with Crippen molar-refractivity contribution in [3.63, 3.8) is 0 Å². The van der Waals surface area contributed by atoms with Gasteiger partial charge in [0.1, 0.15) is 0 Å². The first-order chi connectivity index (χ1) is 12.7. The van der Waals surface area contributed by atoms with Gasteiger partial charge >= 0.3 is 23.9 Å². The van der Waals surface area contributed by atoms with Crippen molar-refractivity contribution < 1.29 is 38.1 Å². The monoisotopic (exact) mass is 380 g/mol. The standard InChI is InChI=1S/C19H24O8/c1-6-24-16(20)12(4)18(22)26-14-9-8-11(3)10-15(14)27-19(23)13(5)17(21)25-7-2/h8-10,12-13H,6-7H2,1-5H3. The first-order valence-corrected chi connectivity index (χ1v) is 8.58. The number of esters is 4. The van der Waals surface area contributed by atoms with Crippen molar-refractivity contribution >= 4 is 23.9 Å². The van der Waals surface area contributed by atoms with Gasteiger partial charge in [0.05, 0.1) is 13.2 Å². The molecule has 148 valence electrons. The van der Waals surface area contributed by atoms with E-state index in [2.05, 4.69) is 0 Å². The van der Waals surface area contributed by atoms with Crippen LogP contribution in [0.15, 0.2) is 18.2 Å². The van der Waals surface area contributed by atoms with Gasteiger partial charge in [0.15, 0.2) is 23.3 Å². The molecule has 2 unspecified atom stereocenters. The number of aryl methyl sites for hydroxylation is 1. The third kappa shape index (κ3) is 6.40. The number of ether oxygens (including phenoxy) is 4. The van der Waals surface area contributed by atoms with E-state index in [4.69, 9.17) is 18.9 Å². The molecule has 0 fully saturated rings. The van der Waals surface area contributed by atoms with Crippen LogP contribution in [0.1, 0.15) is 33.3 Å². The van der Waals surface area contributed by atoms with Crippen LogP contribution in [0.2, 0.25) is 0 Å². The van der Waals surface area contributed by atoms with Gasteiger partial charge in [-0.2, -0.15) is 0 Å². The van der Waals surface area contributed by atoms with Crippen molar-refractivity contribution in [1.82, 2.24) is 0 Å². The largest absolute Gasteiger partial charge is 0.465 e. The molecule has 1 aromatic rings. The fourth-order valence-corrected chi connectivity index (χ4v) is 1.90. The van der Waals surface area contributed by atoms with E-state index in [0.717, 1.165) is 5.56 Å². The summed E-state index contributed by atoms with van der Waals surface area (Å²) < 4.78 is 20.0. The van der Waals surface area contributed by atoms with E-state index in [1.807, 2.05) is 0 Å². The molecule has 0 saturated heterocycles. The average molecular weight is 380 g/mol. The van der Waals surface area contributed by atoms with Gasteiger partial charge < -0.3 is 18.9 Å². The molecule has 1 rings (SSSR count). The molecule has 0 heterocycles. The highest BCUT2D eigenvalue weighted by atomic mass is 16.6. The summed E-state index contributed by atoms with van der Waals surface area (Å²) >= 11 is 0. The molecule has 0 aliphatic carbocycles. The Bertz CT molecular complexity index is 710. The number of hydrogen-bond donors (Lipinski definition) is 0. The van der Waals surface area contributed by atoms with Gasteiger partial charge in [-0.15, -0.1) is 0 Å². The Morgan fingerprint density at radius 1 is 0.778 bits per heavy atom. The lowest BCUT2D eigenvalue weighted by Crippen LogP contribution is -2.29. The lowest BCUT2D eigenvalue weighted by atomic mass is 10.2. The normalized spacial score (nSPS) is 12.5. The molecule has 0 bridgehead atoms. The quantitative estimate of drug-likeness (QED) is 0.384. The zero-order valence-electron chi connectivity index (χ0n) is 16.1. The fraction of sp³-hybridized carbons (Fsp3) is 0.474. The predicted molar refractivity (Wildman–Crippen MR) is 94.0 cm³/mol. The van der Waals surface area contributed by atoms with E-state index in [-0.39, 0.29) is 24.7 Å². The second kappa shape index (κ2) is 10.3. The summed E-state index contributed by atoms with van der Waals surface area (Å²) in [6, 6.07) is 4.56. The van der Waals surface area contributed by atoms with Gasteiger partial charge in [-0.1, -0.05) is 6.07 Å². The van der Waals surface area contributed by atoms with Gasteiger partial charge in [-0.25, -0.2) is 0 Å². The van der Waals surface area contributed by atoms with Crippen LogP contribution in [0, 0.1) is 18.8 Å². The van der Waals surface area contributed by atoms with Gasteiger partial charge in [0.2, 0.25) is 0 Å². The number of rotatable bonds is 8. The Balaban J connectivity index is 2.95. The molecule has 0 aliphatic heterocycles.